The number of carbonyl (C=O) groups is 1. The molecule has 3 heteroatoms. The third-order valence-electron chi connectivity index (χ3n) is 2.68. The second-order valence-electron chi connectivity index (χ2n) is 3.89. The first-order valence-corrected chi connectivity index (χ1v) is 7.82. The van der Waals surface area contributed by atoms with Crippen LogP contribution in [-0.4, -0.2) is 28.3 Å². The highest BCUT2D eigenvalue weighted by molar-refractivity contribution is 8.07. The molecule has 1 aromatic rings. The smallest absolute Gasteiger partial charge is 0.146 e. The van der Waals surface area contributed by atoms with E-state index in [1.54, 1.807) is 0 Å². The number of ketones is 1. The number of benzene rings is 1. The number of hydrogen-bond acceptors (Lipinski definition) is 3. The average molecular weight is 252 g/mol. The van der Waals surface area contributed by atoms with E-state index in [2.05, 4.69) is 12.1 Å². The Kier molecular flexibility index (Phi) is 4.79. The molecule has 1 nitrogen and oxygen atoms in total. The van der Waals surface area contributed by atoms with Gasteiger partial charge in [-0.1, -0.05) is 30.3 Å². The van der Waals surface area contributed by atoms with Crippen molar-refractivity contribution < 1.29 is 4.79 Å². The highest BCUT2D eigenvalue weighted by Crippen LogP contribution is 2.25. The van der Waals surface area contributed by atoms with E-state index in [1.165, 1.54) is 11.3 Å². The molecule has 0 aromatic heterocycles. The highest BCUT2D eigenvalue weighted by Gasteiger charge is 2.21. The van der Waals surface area contributed by atoms with Crippen LogP contribution in [0.4, 0.5) is 0 Å². The lowest BCUT2D eigenvalue weighted by atomic mass is 10.1. The van der Waals surface area contributed by atoms with Crippen LogP contribution < -0.4 is 0 Å². The molecule has 2 rings (SSSR count). The van der Waals surface area contributed by atoms with Crippen LogP contribution in [0.5, 0.6) is 0 Å². The Balaban J connectivity index is 1.79. The predicted molar refractivity (Wildman–Crippen MR) is 73.3 cm³/mol. The largest absolute Gasteiger partial charge is 0.298 e. The topological polar surface area (TPSA) is 17.1 Å². The SMILES string of the molecule is O=C(CCc1ccccc1)C1CSCCS1. The monoisotopic (exact) mass is 252 g/mol. The van der Waals surface area contributed by atoms with E-state index < -0.39 is 0 Å². The number of Topliss-reactive ketones (excluding diaryl/α,β-unsaturated/α-hetero) is 1. The van der Waals surface area contributed by atoms with Gasteiger partial charge in [0.25, 0.3) is 0 Å². The summed E-state index contributed by atoms with van der Waals surface area (Å²) in [5.41, 5.74) is 1.27. The summed E-state index contributed by atoms with van der Waals surface area (Å²) in [6.07, 6.45) is 1.59. The first kappa shape index (κ1) is 12.1. The summed E-state index contributed by atoms with van der Waals surface area (Å²) >= 11 is 3.75. The summed E-state index contributed by atoms with van der Waals surface area (Å²) in [6, 6.07) is 10.3. The summed E-state index contributed by atoms with van der Waals surface area (Å²) in [5, 5.41) is 0.252. The van der Waals surface area contributed by atoms with Gasteiger partial charge in [-0.15, -0.1) is 11.8 Å². The van der Waals surface area contributed by atoms with Crippen molar-refractivity contribution >= 4 is 29.3 Å². The van der Waals surface area contributed by atoms with Crippen molar-refractivity contribution in [3.63, 3.8) is 0 Å². The van der Waals surface area contributed by atoms with E-state index in [0.29, 0.717) is 12.2 Å². The highest BCUT2D eigenvalue weighted by atomic mass is 32.2. The van der Waals surface area contributed by atoms with Crippen molar-refractivity contribution in [2.75, 3.05) is 17.3 Å². The van der Waals surface area contributed by atoms with Crippen LogP contribution in [0.1, 0.15) is 12.0 Å². The van der Waals surface area contributed by atoms with Gasteiger partial charge in [-0.3, -0.25) is 4.79 Å². The minimum atomic E-state index is 0.252. The molecule has 1 aliphatic rings. The lowest BCUT2D eigenvalue weighted by Gasteiger charge is -2.19. The van der Waals surface area contributed by atoms with Gasteiger partial charge in [0.1, 0.15) is 5.78 Å². The van der Waals surface area contributed by atoms with Crippen LogP contribution in [0, 0.1) is 0 Å². The normalized spacial score (nSPS) is 20.6. The van der Waals surface area contributed by atoms with Crippen molar-refractivity contribution in [2.45, 2.75) is 18.1 Å². The Hall–Kier alpha value is -0.410. The molecule has 1 unspecified atom stereocenters. The molecule has 0 amide bonds. The zero-order valence-electron chi connectivity index (χ0n) is 9.22. The van der Waals surface area contributed by atoms with Gasteiger partial charge in [0, 0.05) is 23.7 Å². The molecule has 0 bridgehead atoms. The van der Waals surface area contributed by atoms with Gasteiger partial charge in [-0.2, -0.15) is 11.8 Å². The lowest BCUT2D eigenvalue weighted by molar-refractivity contribution is -0.118. The molecule has 1 atom stereocenters. The van der Waals surface area contributed by atoms with Gasteiger partial charge in [-0.25, -0.2) is 0 Å². The third-order valence-corrected chi connectivity index (χ3v) is 5.48. The molecule has 1 saturated heterocycles. The Labute approximate surface area is 105 Å². The van der Waals surface area contributed by atoms with E-state index in [0.717, 1.165) is 17.9 Å². The fourth-order valence-corrected chi connectivity index (χ4v) is 4.43. The van der Waals surface area contributed by atoms with Crippen LogP contribution in [0.2, 0.25) is 0 Å². The van der Waals surface area contributed by atoms with Crippen LogP contribution in [0.25, 0.3) is 0 Å². The van der Waals surface area contributed by atoms with Gasteiger partial charge >= 0.3 is 0 Å². The van der Waals surface area contributed by atoms with E-state index in [-0.39, 0.29) is 5.25 Å². The maximum absolute atomic E-state index is 11.9. The Morgan fingerprint density at radius 1 is 1.25 bits per heavy atom. The van der Waals surface area contributed by atoms with Crippen LogP contribution >= 0.6 is 23.5 Å². The minimum Gasteiger partial charge on any atom is -0.298 e. The quantitative estimate of drug-likeness (QED) is 0.820. The lowest BCUT2D eigenvalue weighted by Crippen LogP contribution is -2.24. The molecule has 1 heterocycles. The number of thioether (sulfide) groups is 2. The summed E-state index contributed by atoms with van der Waals surface area (Å²) in [5.74, 6) is 3.78. The zero-order valence-corrected chi connectivity index (χ0v) is 10.9. The van der Waals surface area contributed by atoms with Crippen molar-refractivity contribution in [1.29, 1.82) is 0 Å². The number of carbonyl (C=O) groups excluding carboxylic acids is 1. The van der Waals surface area contributed by atoms with Gasteiger partial charge < -0.3 is 0 Å². The molecule has 16 heavy (non-hydrogen) atoms. The zero-order chi connectivity index (χ0) is 11.2. The first-order valence-electron chi connectivity index (χ1n) is 5.62. The van der Waals surface area contributed by atoms with Gasteiger partial charge in [0.05, 0.1) is 5.25 Å². The maximum atomic E-state index is 11.9. The molecule has 86 valence electrons. The summed E-state index contributed by atoms with van der Waals surface area (Å²) in [6.45, 7) is 0. The predicted octanol–water partition coefficient (Wildman–Crippen LogP) is 3.04. The molecule has 0 spiro atoms. The average Bonchev–Trinajstić information content (AvgIpc) is 2.38. The number of rotatable bonds is 4. The van der Waals surface area contributed by atoms with Gasteiger partial charge in [0.15, 0.2) is 0 Å². The number of hydrogen-bond donors (Lipinski definition) is 0. The first-order chi connectivity index (χ1) is 7.86. The second-order valence-corrected chi connectivity index (χ2v) is 6.35. The van der Waals surface area contributed by atoms with Crippen LogP contribution in [-0.2, 0) is 11.2 Å². The van der Waals surface area contributed by atoms with Gasteiger partial charge in [-0.05, 0) is 12.0 Å². The molecule has 0 radical (unpaired) electrons. The summed E-state index contributed by atoms with van der Waals surface area (Å²) < 4.78 is 0. The van der Waals surface area contributed by atoms with Crippen LogP contribution in [0.3, 0.4) is 0 Å². The number of aryl methyl sites for hydroxylation is 1. The fourth-order valence-electron chi connectivity index (χ4n) is 1.75. The minimum absolute atomic E-state index is 0.252. The Bertz CT molecular complexity index is 331. The third kappa shape index (κ3) is 3.56. The van der Waals surface area contributed by atoms with Crippen molar-refractivity contribution in [3.8, 4) is 0 Å². The van der Waals surface area contributed by atoms with Crippen molar-refractivity contribution in [3.05, 3.63) is 35.9 Å². The molecular weight excluding hydrogens is 236 g/mol. The molecule has 0 N–H and O–H groups in total. The van der Waals surface area contributed by atoms with E-state index >= 15 is 0 Å². The molecule has 0 aliphatic carbocycles. The molecule has 0 saturated carbocycles. The van der Waals surface area contributed by atoms with Crippen LogP contribution in [0.15, 0.2) is 30.3 Å². The molecule has 1 aliphatic heterocycles. The summed E-state index contributed by atoms with van der Waals surface area (Å²) in [7, 11) is 0. The molecule has 1 fully saturated rings. The molecular formula is C13H16OS2. The van der Waals surface area contributed by atoms with Gasteiger partial charge in [0.2, 0.25) is 0 Å². The van der Waals surface area contributed by atoms with Crippen molar-refractivity contribution in [2.24, 2.45) is 0 Å². The second kappa shape index (κ2) is 6.36. The summed E-state index contributed by atoms with van der Waals surface area (Å²) in [4.78, 5) is 11.9. The van der Waals surface area contributed by atoms with E-state index in [1.807, 2.05) is 41.7 Å². The standard InChI is InChI=1S/C13H16OS2/c14-12(13-10-15-8-9-16-13)7-6-11-4-2-1-3-5-11/h1-5,13H,6-10H2. The maximum Gasteiger partial charge on any atom is 0.146 e. The Morgan fingerprint density at radius 2 is 2.06 bits per heavy atom. The Morgan fingerprint density at radius 3 is 2.75 bits per heavy atom. The van der Waals surface area contributed by atoms with E-state index in [9.17, 15) is 4.79 Å². The van der Waals surface area contributed by atoms with E-state index in [4.69, 9.17) is 0 Å². The van der Waals surface area contributed by atoms with Crippen molar-refractivity contribution in [1.82, 2.24) is 0 Å². The fraction of sp³-hybridized carbons (Fsp3) is 0.462. The molecule has 1 aromatic carbocycles.